The van der Waals surface area contributed by atoms with Gasteiger partial charge in [0.05, 0.1) is 11.8 Å². The van der Waals surface area contributed by atoms with E-state index in [4.69, 9.17) is 9.15 Å². The third-order valence-corrected chi connectivity index (χ3v) is 6.56. The minimum Gasteiger partial charge on any atom is -0.492 e. The fraction of sp³-hybridized carbons (Fsp3) is 0.310. The van der Waals surface area contributed by atoms with Crippen molar-refractivity contribution >= 4 is 16.8 Å². The van der Waals surface area contributed by atoms with E-state index in [-0.39, 0.29) is 5.91 Å². The number of ether oxygens (including phenoxy) is 1. The van der Waals surface area contributed by atoms with Crippen molar-refractivity contribution in [3.05, 3.63) is 96.1 Å². The van der Waals surface area contributed by atoms with Crippen molar-refractivity contribution in [3.63, 3.8) is 0 Å². The van der Waals surface area contributed by atoms with Gasteiger partial charge in [0.1, 0.15) is 12.4 Å². The largest absolute Gasteiger partial charge is 0.492 e. The zero-order chi connectivity index (χ0) is 24.7. The summed E-state index contributed by atoms with van der Waals surface area (Å²) in [4.78, 5) is 23.3. The van der Waals surface area contributed by atoms with Crippen molar-refractivity contribution in [2.75, 3.05) is 46.4 Å². The topological polar surface area (TPSA) is 62.1 Å². The molecule has 0 bridgehead atoms. The summed E-state index contributed by atoms with van der Waals surface area (Å²) in [6.45, 7) is 6.31. The molecular formula is C29H32N4O3. The Morgan fingerprint density at radius 2 is 1.75 bits per heavy atom. The van der Waals surface area contributed by atoms with Gasteiger partial charge in [0.15, 0.2) is 5.76 Å². The van der Waals surface area contributed by atoms with E-state index >= 15 is 0 Å². The second-order valence-corrected chi connectivity index (χ2v) is 9.31. The minimum atomic E-state index is -0.0313. The molecule has 0 aliphatic carbocycles. The molecule has 1 aliphatic rings. The number of hydrogen-bond acceptors (Lipinski definition) is 6. The Hall–Kier alpha value is -3.68. The molecule has 7 heteroatoms. The van der Waals surface area contributed by atoms with Gasteiger partial charge in [-0.05, 0) is 60.6 Å². The molecule has 1 aliphatic heterocycles. The van der Waals surface area contributed by atoms with E-state index in [1.165, 1.54) is 22.8 Å². The van der Waals surface area contributed by atoms with E-state index in [1.54, 1.807) is 12.1 Å². The number of carbonyl (C=O) groups excluding carboxylic acids is 1. The maximum absolute atomic E-state index is 12.4. The number of nitrogens with zero attached hydrogens (tertiary/aromatic N) is 4. The number of aromatic nitrogens is 1. The number of amides is 1. The maximum atomic E-state index is 12.4. The summed E-state index contributed by atoms with van der Waals surface area (Å²) in [6, 6.07) is 22.4. The van der Waals surface area contributed by atoms with Crippen LogP contribution in [0.1, 0.15) is 21.7 Å². The lowest BCUT2D eigenvalue weighted by molar-refractivity contribution is 0.0590. The first kappa shape index (κ1) is 24.0. The van der Waals surface area contributed by atoms with Gasteiger partial charge in [-0.1, -0.05) is 24.3 Å². The van der Waals surface area contributed by atoms with E-state index in [0.717, 1.165) is 44.0 Å². The van der Waals surface area contributed by atoms with E-state index < -0.39 is 0 Å². The number of carbonyl (C=O) groups is 1. The summed E-state index contributed by atoms with van der Waals surface area (Å²) in [5, 5.41) is 1.18. The van der Waals surface area contributed by atoms with Gasteiger partial charge in [-0.3, -0.25) is 19.6 Å². The van der Waals surface area contributed by atoms with Crippen molar-refractivity contribution < 1.29 is 13.9 Å². The van der Waals surface area contributed by atoms with E-state index in [0.29, 0.717) is 25.5 Å². The zero-order valence-corrected chi connectivity index (χ0v) is 20.7. The summed E-state index contributed by atoms with van der Waals surface area (Å²) in [7, 11) is 2.14. The molecule has 1 saturated heterocycles. The first-order chi connectivity index (χ1) is 17.6. The number of fused-ring (bicyclic) bond motifs is 1. The number of furan rings is 1. The van der Waals surface area contributed by atoms with E-state index in [1.807, 2.05) is 29.3 Å². The van der Waals surface area contributed by atoms with E-state index in [2.05, 4.69) is 58.2 Å². The lowest BCUT2D eigenvalue weighted by Gasteiger charge is -2.34. The van der Waals surface area contributed by atoms with Gasteiger partial charge in [0.25, 0.3) is 5.91 Å². The van der Waals surface area contributed by atoms with Crippen LogP contribution in [0.3, 0.4) is 0 Å². The van der Waals surface area contributed by atoms with Gasteiger partial charge in [0, 0.05) is 57.4 Å². The minimum absolute atomic E-state index is 0.0313. The second-order valence-electron chi connectivity index (χ2n) is 9.31. The fourth-order valence-corrected chi connectivity index (χ4v) is 4.62. The molecule has 186 valence electrons. The maximum Gasteiger partial charge on any atom is 0.289 e. The lowest BCUT2D eigenvalue weighted by Crippen LogP contribution is -2.49. The van der Waals surface area contributed by atoms with Crippen molar-refractivity contribution in [2.45, 2.75) is 13.1 Å². The lowest BCUT2D eigenvalue weighted by atomic mass is 10.1. The molecule has 0 N–H and O–H groups in total. The number of rotatable bonds is 9. The average molecular weight is 485 g/mol. The van der Waals surface area contributed by atoms with Gasteiger partial charge in [-0.25, -0.2) is 0 Å². The molecule has 2 aromatic heterocycles. The van der Waals surface area contributed by atoms with Crippen molar-refractivity contribution in [1.29, 1.82) is 0 Å². The second kappa shape index (κ2) is 11.4. The highest BCUT2D eigenvalue weighted by Crippen LogP contribution is 2.17. The SMILES string of the molecule is CN(Cc1ccc(OCCN2CCN(C(=O)c3ccco3)CC2)cc1)Cc1ccc2ncccc2c1. The molecule has 3 heterocycles. The van der Waals surface area contributed by atoms with Crippen LogP contribution in [0.5, 0.6) is 5.75 Å². The number of benzene rings is 2. The van der Waals surface area contributed by atoms with Gasteiger partial charge in [-0.15, -0.1) is 0 Å². The molecule has 7 nitrogen and oxygen atoms in total. The van der Waals surface area contributed by atoms with Crippen LogP contribution in [0.2, 0.25) is 0 Å². The summed E-state index contributed by atoms with van der Waals surface area (Å²) < 4.78 is 11.2. The molecule has 0 atom stereocenters. The van der Waals surface area contributed by atoms with Gasteiger partial charge < -0.3 is 14.1 Å². The molecule has 1 fully saturated rings. The van der Waals surface area contributed by atoms with Crippen LogP contribution >= 0.6 is 0 Å². The van der Waals surface area contributed by atoms with E-state index in [9.17, 15) is 4.79 Å². The Kier molecular flexibility index (Phi) is 7.59. The Labute approximate surface area is 211 Å². The van der Waals surface area contributed by atoms with Crippen molar-refractivity contribution in [2.24, 2.45) is 0 Å². The predicted molar refractivity (Wildman–Crippen MR) is 140 cm³/mol. The van der Waals surface area contributed by atoms with Gasteiger partial charge >= 0.3 is 0 Å². The quantitative estimate of drug-likeness (QED) is 0.353. The highest BCUT2D eigenvalue weighted by atomic mass is 16.5. The number of pyridine rings is 1. The molecule has 36 heavy (non-hydrogen) atoms. The molecule has 4 aromatic rings. The molecule has 0 radical (unpaired) electrons. The summed E-state index contributed by atoms with van der Waals surface area (Å²) in [5.74, 6) is 1.26. The molecule has 1 amide bonds. The van der Waals surface area contributed by atoms with Gasteiger partial charge in [-0.2, -0.15) is 0 Å². The normalized spacial score (nSPS) is 14.4. The molecule has 2 aromatic carbocycles. The smallest absolute Gasteiger partial charge is 0.289 e. The van der Waals surface area contributed by atoms with Gasteiger partial charge in [0.2, 0.25) is 0 Å². The van der Waals surface area contributed by atoms with Crippen LogP contribution in [0, 0.1) is 0 Å². The van der Waals surface area contributed by atoms with Crippen LogP contribution in [0.25, 0.3) is 10.9 Å². The molecular weight excluding hydrogens is 452 g/mol. The Morgan fingerprint density at radius 1 is 0.972 bits per heavy atom. The van der Waals surface area contributed by atoms with Crippen LogP contribution in [-0.2, 0) is 13.1 Å². The summed E-state index contributed by atoms with van der Waals surface area (Å²) in [6.07, 6.45) is 3.37. The number of hydrogen-bond donors (Lipinski definition) is 0. The highest BCUT2D eigenvalue weighted by molar-refractivity contribution is 5.91. The molecule has 0 unspecified atom stereocenters. The Morgan fingerprint density at radius 3 is 2.53 bits per heavy atom. The molecule has 5 rings (SSSR count). The summed E-state index contributed by atoms with van der Waals surface area (Å²) in [5.41, 5.74) is 3.57. The van der Waals surface area contributed by atoms with Crippen LogP contribution in [0.15, 0.2) is 83.6 Å². The first-order valence-electron chi connectivity index (χ1n) is 12.4. The van der Waals surface area contributed by atoms with Crippen molar-refractivity contribution in [3.8, 4) is 5.75 Å². The zero-order valence-electron chi connectivity index (χ0n) is 20.7. The summed E-state index contributed by atoms with van der Waals surface area (Å²) >= 11 is 0. The monoisotopic (exact) mass is 484 g/mol. The molecule has 0 spiro atoms. The van der Waals surface area contributed by atoms with Crippen LogP contribution < -0.4 is 4.74 Å². The third kappa shape index (κ3) is 6.11. The van der Waals surface area contributed by atoms with Crippen LogP contribution in [0.4, 0.5) is 0 Å². The first-order valence-corrected chi connectivity index (χ1v) is 12.4. The Balaban J connectivity index is 1.03. The van der Waals surface area contributed by atoms with Crippen molar-refractivity contribution in [1.82, 2.24) is 19.7 Å². The number of piperazine rings is 1. The Bertz CT molecular complexity index is 1270. The standard InChI is InChI=1S/C29H32N4O3/c1-31(22-24-8-11-27-25(20-24)4-2-12-30-27)21-23-6-9-26(10-7-23)35-19-17-32-13-15-33(16-14-32)29(34)28-5-3-18-36-28/h2-12,18,20H,13-17,19,21-22H2,1H3. The molecule has 0 saturated carbocycles. The highest BCUT2D eigenvalue weighted by Gasteiger charge is 2.23. The average Bonchev–Trinajstić information content (AvgIpc) is 3.45. The third-order valence-electron chi connectivity index (χ3n) is 6.56. The van der Waals surface area contributed by atoms with Crippen LogP contribution in [-0.4, -0.2) is 72.0 Å². The fourth-order valence-electron chi connectivity index (χ4n) is 4.62. The predicted octanol–water partition coefficient (Wildman–Crippen LogP) is 4.30.